The van der Waals surface area contributed by atoms with Crippen LogP contribution in [0.4, 0.5) is 0 Å². The van der Waals surface area contributed by atoms with Gasteiger partial charge in [0.25, 0.3) is 0 Å². The third-order valence-electron chi connectivity index (χ3n) is 2.01. The fraction of sp³-hybridized carbons (Fsp3) is 0.333. The fourth-order valence-electron chi connectivity index (χ4n) is 1.18. The molecule has 0 aliphatic heterocycles. The largest absolute Gasteiger partial charge is 0.348 e. The van der Waals surface area contributed by atoms with E-state index in [-0.39, 0.29) is 0 Å². The number of aromatic nitrogens is 3. The van der Waals surface area contributed by atoms with E-state index in [1.165, 1.54) is 4.88 Å². The van der Waals surface area contributed by atoms with E-state index in [1.54, 1.807) is 17.5 Å². The van der Waals surface area contributed by atoms with Gasteiger partial charge in [-0.3, -0.25) is 4.98 Å². The lowest BCUT2D eigenvalue weighted by molar-refractivity contribution is 0.568. The second-order valence-electron chi connectivity index (χ2n) is 3.04. The van der Waals surface area contributed by atoms with Gasteiger partial charge in [-0.05, 0) is 6.92 Å². The van der Waals surface area contributed by atoms with Crippen LogP contribution >= 0.6 is 11.3 Å². The maximum absolute atomic E-state index is 4.14. The van der Waals surface area contributed by atoms with E-state index in [2.05, 4.69) is 27.2 Å². The topological polar surface area (TPSA) is 53.6 Å². The van der Waals surface area contributed by atoms with E-state index >= 15 is 0 Å². The Labute approximate surface area is 86.4 Å². The third-order valence-corrected chi connectivity index (χ3v) is 2.97. The van der Waals surface area contributed by atoms with Crippen LogP contribution in [0.2, 0.25) is 0 Å². The van der Waals surface area contributed by atoms with E-state index < -0.39 is 0 Å². The summed E-state index contributed by atoms with van der Waals surface area (Å²) in [5.74, 6) is 0.960. The van der Waals surface area contributed by atoms with Gasteiger partial charge in [-0.1, -0.05) is 0 Å². The second-order valence-corrected chi connectivity index (χ2v) is 3.96. The third kappa shape index (κ3) is 2.18. The van der Waals surface area contributed by atoms with Crippen molar-refractivity contribution in [1.82, 2.24) is 20.3 Å². The van der Waals surface area contributed by atoms with Crippen LogP contribution in [0.25, 0.3) is 0 Å². The molecule has 0 aliphatic rings. The van der Waals surface area contributed by atoms with E-state index in [0.29, 0.717) is 6.04 Å². The molecule has 0 aromatic carbocycles. The van der Waals surface area contributed by atoms with Crippen LogP contribution in [0.3, 0.4) is 0 Å². The first-order valence-electron chi connectivity index (χ1n) is 4.46. The second kappa shape index (κ2) is 4.34. The van der Waals surface area contributed by atoms with Gasteiger partial charge in [0, 0.05) is 29.5 Å². The molecule has 4 nitrogen and oxygen atoms in total. The van der Waals surface area contributed by atoms with Crippen LogP contribution in [0, 0.1) is 0 Å². The van der Waals surface area contributed by atoms with Gasteiger partial charge >= 0.3 is 0 Å². The molecule has 2 rings (SSSR count). The van der Waals surface area contributed by atoms with E-state index in [4.69, 9.17) is 0 Å². The molecule has 1 unspecified atom stereocenters. The highest BCUT2D eigenvalue weighted by Crippen LogP contribution is 2.16. The standard InChI is InChI=1S/C9H12N4S/c1-7(8-4-10-6-14-8)13-5-9-11-2-3-12-9/h2-4,6-7,13H,5H2,1H3,(H,11,12). The number of rotatable bonds is 4. The molecule has 1 atom stereocenters. The normalized spacial score (nSPS) is 12.9. The first-order chi connectivity index (χ1) is 6.86. The Hall–Kier alpha value is -1.20. The molecule has 2 heterocycles. The van der Waals surface area contributed by atoms with Gasteiger partial charge in [-0.2, -0.15) is 0 Å². The Morgan fingerprint density at radius 3 is 3.21 bits per heavy atom. The molecule has 74 valence electrons. The Kier molecular flexibility index (Phi) is 2.90. The van der Waals surface area contributed by atoms with Gasteiger partial charge in [0.1, 0.15) is 5.82 Å². The Morgan fingerprint density at radius 2 is 2.57 bits per heavy atom. The summed E-state index contributed by atoms with van der Waals surface area (Å²) in [6, 6.07) is 0.326. The van der Waals surface area contributed by atoms with Crippen molar-refractivity contribution in [2.45, 2.75) is 19.5 Å². The van der Waals surface area contributed by atoms with Crippen LogP contribution in [0.1, 0.15) is 23.7 Å². The van der Waals surface area contributed by atoms with E-state index in [9.17, 15) is 0 Å². The van der Waals surface area contributed by atoms with Gasteiger partial charge in [-0.15, -0.1) is 11.3 Å². The molecule has 2 N–H and O–H groups in total. The number of imidazole rings is 1. The van der Waals surface area contributed by atoms with Crippen molar-refractivity contribution in [3.63, 3.8) is 0 Å². The van der Waals surface area contributed by atoms with Gasteiger partial charge < -0.3 is 10.3 Å². The number of hydrogen-bond acceptors (Lipinski definition) is 4. The van der Waals surface area contributed by atoms with Crippen molar-refractivity contribution in [3.8, 4) is 0 Å². The lowest BCUT2D eigenvalue weighted by Gasteiger charge is -2.09. The summed E-state index contributed by atoms with van der Waals surface area (Å²) < 4.78 is 0. The quantitative estimate of drug-likeness (QED) is 0.804. The summed E-state index contributed by atoms with van der Waals surface area (Å²) in [7, 11) is 0. The molecule has 2 aromatic rings. The summed E-state index contributed by atoms with van der Waals surface area (Å²) in [6.07, 6.45) is 5.48. The highest BCUT2D eigenvalue weighted by Gasteiger charge is 2.06. The first-order valence-corrected chi connectivity index (χ1v) is 5.34. The lowest BCUT2D eigenvalue weighted by atomic mass is 10.3. The highest BCUT2D eigenvalue weighted by atomic mass is 32.1. The lowest BCUT2D eigenvalue weighted by Crippen LogP contribution is -2.17. The van der Waals surface area contributed by atoms with Gasteiger partial charge in [0.2, 0.25) is 0 Å². The molecule has 0 fully saturated rings. The molecule has 0 saturated heterocycles. The summed E-state index contributed by atoms with van der Waals surface area (Å²) in [5.41, 5.74) is 1.85. The highest BCUT2D eigenvalue weighted by molar-refractivity contribution is 7.09. The molecule has 0 amide bonds. The molecule has 0 saturated carbocycles. The minimum absolute atomic E-state index is 0.326. The van der Waals surface area contributed by atoms with Crippen molar-refractivity contribution in [2.24, 2.45) is 0 Å². The smallest absolute Gasteiger partial charge is 0.120 e. The molecule has 0 spiro atoms. The molecule has 14 heavy (non-hydrogen) atoms. The number of thiazole rings is 1. The summed E-state index contributed by atoms with van der Waals surface area (Å²) in [4.78, 5) is 12.5. The summed E-state index contributed by atoms with van der Waals surface area (Å²) >= 11 is 1.66. The van der Waals surface area contributed by atoms with Gasteiger partial charge in [0.05, 0.1) is 12.1 Å². The average molecular weight is 208 g/mol. The Balaban J connectivity index is 1.87. The molecule has 0 aliphatic carbocycles. The zero-order chi connectivity index (χ0) is 9.80. The van der Waals surface area contributed by atoms with Crippen molar-refractivity contribution in [1.29, 1.82) is 0 Å². The first kappa shape index (κ1) is 9.36. The minimum atomic E-state index is 0.326. The SMILES string of the molecule is CC(NCc1ncc[nH]1)c1cncs1. The van der Waals surface area contributed by atoms with Crippen molar-refractivity contribution in [2.75, 3.05) is 0 Å². The predicted octanol–water partition coefficient (Wildman–Crippen LogP) is 1.72. The number of hydrogen-bond donors (Lipinski definition) is 2. The van der Waals surface area contributed by atoms with Crippen LogP contribution in [0.15, 0.2) is 24.1 Å². The van der Waals surface area contributed by atoms with Gasteiger partial charge in [0.15, 0.2) is 0 Å². The zero-order valence-corrected chi connectivity index (χ0v) is 8.71. The van der Waals surface area contributed by atoms with Crippen molar-refractivity contribution >= 4 is 11.3 Å². The van der Waals surface area contributed by atoms with Crippen molar-refractivity contribution < 1.29 is 0 Å². The molecule has 0 bridgehead atoms. The van der Waals surface area contributed by atoms with Crippen LogP contribution in [-0.4, -0.2) is 15.0 Å². The molecular weight excluding hydrogens is 196 g/mol. The van der Waals surface area contributed by atoms with Crippen molar-refractivity contribution in [3.05, 3.63) is 34.8 Å². The summed E-state index contributed by atoms with van der Waals surface area (Å²) in [5, 5.41) is 3.36. The van der Waals surface area contributed by atoms with E-state index in [1.807, 2.05) is 17.9 Å². The van der Waals surface area contributed by atoms with E-state index in [0.717, 1.165) is 12.4 Å². The van der Waals surface area contributed by atoms with Crippen LogP contribution in [-0.2, 0) is 6.54 Å². The van der Waals surface area contributed by atoms with Crippen LogP contribution < -0.4 is 5.32 Å². The number of nitrogens with zero attached hydrogens (tertiary/aromatic N) is 2. The molecule has 5 heteroatoms. The monoisotopic (exact) mass is 208 g/mol. The molecule has 2 aromatic heterocycles. The zero-order valence-electron chi connectivity index (χ0n) is 7.90. The fourth-order valence-corrected chi connectivity index (χ4v) is 1.84. The Bertz CT molecular complexity index is 354. The predicted molar refractivity (Wildman–Crippen MR) is 56.0 cm³/mol. The number of nitrogens with one attached hydrogen (secondary N) is 2. The molecule has 0 radical (unpaired) electrons. The summed E-state index contributed by atoms with van der Waals surface area (Å²) in [6.45, 7) is 2.88. The van der Waals surface area contributed by atoms with Gasteiger partial charge in [-0.25, -0.2) is 4.98 Å². The number of H-pyrrole nitrogens is 1. The maximum atomic E-state index is 4.14. The molecular formula is C9H12N4S. The minimum Gasteiger partial charge on any atom is -0.348 e. The maximum Gasteiger partial charge on any atom is 0.120 e. The number of aromatic amines is 1. The average Bonchev–Trinajstić information content (AvgIpc) is 2.87. The van der Waals surface area contributed by atoms with Crippen LogP contribution in [0.5, 0.6) is 0 Å². The Morgan fingerprint density at radius 1 is 1.64 bits per heavy atom.